The minimum absolute atomic E-state index is 0.0978. The molecule has 1 aromatic carbocycles. The van der Waals surface area contributed by atoms with Crippen LogP contribution in [0.2, 0.25) is 0 Å². The maximum Gasteiger partial charge on any atom is 0.335 e. The molecular formula is C23H19N5O3S2. The van der Waals surface area contributed by atoms with Crippen LogP contribution in [0.1, 0.15) is 58.1 Å². The van der Waals surface area contributed by atoms with Crippen molar-refractivity contribution < 1.29 is 14.6 Å². The van der Waals surface area contributed by atoms with Gasteiger partial charge in [-0.15, -0.1) is 11.3 Å². The maximum absolute atomic E-state index is 11.0. The van der Waals surface area contributed by atoms with Gasteiger partial charge in [0.15, 0.2) is 0 Å². The van der Waals surface area contributed by atoms with Gasteiger partial charge >= 0.3 is 5.97 Å². The van der Waals surface area contributed by atoms with Crippen LogP contribution in [-0.4, -0.2) is 27.7 Å². The number of thiazole rings is 1. The Morgan fingerprint density at radius 1 is 1.21 bits per heavy atom. The van der Waals surface area contributed by atoms with Crippen molar-refractivity contribution in [3.63, 3.8) is 0 Å². The van der Waals surface area contributed by atoms with Crippen LogP contribution in [0.15, 0.2) is 34.7 Å². The number of anilines is 1. The Balaban J connectivity index is 1.58. The number of ether oxygens (including phenoxy) is 1. The zero-order valence-electron chi connectivity index (χ0n) is 17.4. The number of carboxylic acids is 1. The van der Waals surface area contributed by atoms with Crippen molar-refractivity contribution in [1.29, 1.82) is 10.5 Å². The molecule has 1 fully saturated rings. The Kier molecular flexibility index (Phi) is 6.90. The van der Waals surface area contributed by atoms with Crippen molar-refractivity contribution in [3.8, 4) is 22.7 Å². The molecule has 0 bridgehead atoms. The Hall–Kier alpha value is -3.44. The third kappa shape index (κ3) is 4.83. The molecule has 1 unspecified atom stereocenters. The second kappa shape index (κ2) is 10.0. The molecule has 0 amide bonds. The first-order chi connectivity index (χ1) is 16.0. The van der Waals surface area contributed by atoms with Gasteiger partial charge in [0.1, 0.15) is 33.6 Å². The molecule has 1 aliphatic rings. The summed E-state index contributed by atoms with van der Waals surface area (Å²) >= 11 is 2.79. The summed E-state index contributed by atoms with van der Waals surface area (Å²) in [6, 6.07) is 10.9. The number of hydrogen-bond donors (Lipinski definition) is 2. The van der Waals surface area contributed by atoms with Crippen LogP contribution >= 0.6 is 23.1 Å². The summed E-state index contributed by atoms with van der Waals surface area (Å²) in [7, 11) is 0. The number of nitrogen functional groups attached to an aromatic ring is 1. The summed E-state index contributed by atoms with van der Waals surface area (Å²) in [5.74, 6) is -0.416. The van der Waals surface area contributed by atoms with Gasteiger partial charge in [0.2, 0.25) is 0 Å². The molecule has 1 atom stereocenters. The first-order valence-corrected chi connectivity index (χ1v) is 12.0. The Labute approximate surface area is 198 Å². The van der Waals surface area contributed by atoms with Crippen molar-refractivity contribution in [1.82, 2.24) is 9.97 Å². The van der Waals surface area contributed by atoms with Crippen molar-refractivity contribution in [2.45, 2.75) is 36.1 Å². The number of aromatic carboxylic acids is 1. The summed E-state index contributed by atoms with van der Waals surface area (Å²) in [5.41, 5.74) is 9.00. The molecule has 0 aliphatic carbocycles. The number of rotatable bonds is 6. The second-order valence-electron chi connectivity index (χ2n) is 7.36. The van der Waals surface area contributed by atoms with Gasteiger partial charge in [0, 0.05) is 28.9 Å². The van der Waals surface area contributed by atoms with E-state index in [0.717, 1.165) is 35.5 Å². The standard InChI is InChI=1S/C23H19N5O3S2/c24-9-16-19(18-3-1-2-8-31-18)17(10-25)22(28-20(16)26)33-12-15-11-32-21(27-15)13-4-6-14(7-5-13)23(29)30/h4-7,11,18H,1-3,8,12H2,(H2,26,28)(H,29,30). The van der Waals surface area contributed by atoms with Crippen LogP contribution in [0, 0.1) is 22.7 Å². The van der Waals surface area contributed by atoms with Crippen LogP contribution in [0.3, 0.4) is 0 Å². The largest absolute Gasteiger partial charge is 0.478 e. The lowest BCUT2D eigenvalue weighted by atomic mass is 9.94. The van der Waals surface area contributed by atoms with E-state index in [0.29, 0.717) is 28.5 Å². The van der Waals surface area contributed by atoms with Crippen molar-refractivity contribution in [3.05, 3.63) is 57.6 Å². The molecule has 33 heavy (non-hydrogen) atoms. The number of pyridine rings is 1. The van der Waals surface area contributed by atoms with E-state index >= 15 is 0 Å². The van der Waals surface area contributed by atoms with Crippen molar-refractivity contribution in [2.24, 2.45) is 0 Å². The third-order valence-corrected chi connectivity index (χ3v) is 7.19. The summed E-state index contributed by atoms with van der Waals surface area (Å²) in [4.78, 5) is 20.0. The summed E-state index contributed by atoms with van der Waals surface area (Å²) in [5, 5.41) is 31.7. The zero-order valence-corrected chi connectivity index (χ0v) is 19.1. The normalized spacial score (nSPS) is 15.5. The molecule has 2 aromatic heterocycles. The SMILES string of the molecule is N#Cc1c(N)nc(SCc2csc(-c3ccc(C(=O)O)cc3)n2)c(C#N)c1C1CCCCO1. The molecule has 1 aliphatic heterocycles. The molecule has 8 nitrogen and oxygen atoms in total. The lowest BCUT2D eigenvalue weighted by Gasteiger charge is -2.25. The molecule has 3 aromatic rings. The molecule has 3 N–H and O–H groups in total. The molecule has 10 heteroatoms. The van der Waals surface area contributed by atoms with E-state index in [1.54, 1.807) is 24.3 Å². The van der Waals surface area contributed by atoms with Crippen molar-refractivity contribution >= 4 is 34.9 Å². The Bertz CT molecular complexity index is 1270. The highest BCUT2D eigenvalue weighted by atomic mass is 32.2. The van der Waals surface area contributed by atoms with E-state index in [4.69, 9.17) is 15.6 Å². The molecule has 0 radical (unpaired) electrons. The molecule has 4 rings (SSSR count). The Morgan fingerprint density at radius 2 is 1.97 bits per heavy atom. The minimum atomic E-state index is -0.974. The molecule has 0 saturated carbocycles. The van der Waals surface area contributed by atoms with Crippen molar-refractivity contribution in [2.75, 3.05) is 12.3 Å². The van der Waals surface area contributed by atoms with Gasteiger partial charge in [0.05, 0.1) is 22.9 Å². The van der Waals surface area contributed by atoms with E-state index in [-0.39, 0.29) is 23.0 Å². The van der Waals surface area contributed by atoms with E-state index in [1.807, 2.05) is 5.38 Å². The first-order valence-electron chi connectivity index (χ1n) is 10.2. The van der Waals surface area contributed by atoms with Crippen LogP contribution in [0.5, 0.6) is 0 Å². The number of carbonyl (C=O) groups is 1. The summed E-state index contributed by atoms with van der Waals surface area (Å²) in [6.45, 7) is 0.583. The number of aromatic nitrogens is 2. The fourth-order valence-electron chi connectivity index (χ4n) is 3.62. The number of hydrogen-bond acceptors (Lipinski definition) is 9. The number of carboxylic acid groups (broad SMARTS) is 1. The highest BCUT2D eigenvalue weighted by Crippen LogP contribution is 2.38. The van der Waals surface area contributed by atoms with E-state index in [9.17, 15) is 15.3 Å². The lowest BCUT2D eigenvalue weighted by Crippen LogP contribution is -2.16. The van der Waals surface area contributed by atoms with Gasteiger partial charge in [-0.2, -0.15) is 10.5 Å². The average Bonchev–Trinajstić information content (AvgIpc) is 3.32. The van der Waals surface area contributed by atoms with E-state index < -0.39 is 5.97 Å². The Morgan fingerprint density at radius 3 is 2.61 bits per heavy atom. The molecule has 166 valence electrons. The molecule has 3 heterocycles. The highest BCUT2D eigenvalue weighted by molar-refractivity contribution is 7.98. The molecule has 0 spiro atoms. The number of nitrogens with zero attached hydrogens (tertiary/aromatic N) is 4. The monoisotopic (exact) mass is 477 g/mol. The second-order valence-corrected chi connectivity index (χ2v) is 9.18. The number of benzene rings is 1. The molecule has 1 saturated heterocycles. The third-order valence-electron chi connectivity index (χ3n) is 5.24. The number of nitriles is 2. The van der Waals surface area contributed by atoms with Crippen LogP contribution in [0.4, 0.5) is 5.82 Å². The van der Waals surface area contributed by atoms with Gasteiger partial charge in [-0.05, 0) is 31.4 Å². The predicted octanol–water partition coefficient (Wildman–Crippen LogP) is 4.76. The van der Waals surface area contributed by atoms with Crippen LogP contribution < -0.4 is 5.73 Å². The fourth-order valence-corrected chi connectivity index (χ4v) is 5.45. The first kappa shape index (κ1) is 22.7. The van der Waals surface area contributed by atoms with Gasteiger partial charge in [-0.25, -0.2) is 14.8 Å². The number of nitrogens with two attached hydrogens (primary N) is 1. The minimum Gasteiger partial charge on any atom is -0.478 e. The average molecular weight is 478 g/mol. The quantitative estimate of drug-likeness (QED) is 0.479. The molecular weight excluding hydrogens is 458 g/mol. The summed E-state index contributed by atoms with van der Waals surface area (Å²) in [6.07, 6.45) is 2.30. The smallest absolute Gasteiger partial charge is 0.335 e. The van der Waals surface area contributed by atoms with Gasteiger partial charge in [-0.1, -0.05) is 23.9 Å². The summed E-state index contributed by atoms with van der Waals surface area (Å²) < 4.78 is 5.86. The van der Waals surface area contributed by atoms with E-state index in [1.165, 1.54) is 23.1 Å². The highest BCUT2D eigenvalue weighted by Gasteiger charge is 2.27. The lowest BCUT2D eigenvalue weighted by molar-refractivity contribution is 0.0145. The van der Waals surface area contributed by atoms with Gasteiger partial charge in [0.25, 0.3) is 0 Å². The van der Waals surface area contributed by atoms with Gasteiger partial charge in [-0.3, -0.25) is 0 Å². The number of thioether (sulfide) groups is 1. The topological polar surface area (TPSA) is 146 Å². The maximum atomic E-state index is 11.0. The zero-order chi connectivity index (χ0) is 23.4. The van der Waals surface area contributed by atoms with E-state index in [2.05, 4.69) is 22.1 Å². The van der Waals surface area contributed by atoms with Crippen LogP contribution in [0.25, 0.3) is 10.6 Å². The fraction of sp³-hybridized carbons (Fsp3) is 0.261. The van der Waals surface area contributed by atoms with Crippen LogP contribution in [-0.2, 0) is 10.5 Å². The van der Waals surface area contributed by atoms with Gasteiger partial charge < -0.3 is 15.6 Å². The predicted molar refractivity (Wildman–Crippen MR) is 125 cm³/mol.